The molecule has 0 fully saturated rings. The second kappa shape index (κ2) is 11.4. The van der Waals surface area contributed by atoms with Crippen LogP contribution in [0.2, 0.25) is 0 Å². The van der Waals surface area contributed by atoms with Crippen LogP contribution in [0.3, 0.4) is 0 Å². The lowest BCUT2D eigenvalue weighted by Crippen LogP contribution is -2.22. The smallest absolute Gasteiger partial charge is 0.253 e. The Kier molecular flexibility index (Phi) is 7.89. The van der Waals surface area contributed by atoms with Crippen LogP contribution in [0.5, 0.6) is 0 Å². The Labute approximate surface area is 215 Å². The number of rotatable bonds is 7. The van der Waals surface area contributed by atoms with Gasteiger partial charge in [0.1, 0.15) is 11.7 Å². The molecule has 7 heteroatoms. The molecule has 0 saturated carbocycles. The number of benzene rings is 1. The summed E-state index contributed by atoms with van der Waals surface area (Å²) in [4.78, 5) is 25.5. The van der Waals surface area contributed by atoms with Crippen LogP contribution in [0.1, 0.15) is 47.2 Å². The zero-order valence-electron chi connectivity index (χ0n) is 21.1. The second-order valence-electron chi connectivity index (χ2n) is 8.66. The van der Waals surface area contributed by atoms with Crippen molar-refractivity contribution in [2.75, 3.05) is 0 Å². The molecule has 0 unspecified atom stereocenters. The van der Waals surface area contributed by atoms with Crippen LogP contribution in [0.25, 0.3) is 11.3 Å². The summed E-state index contributed by atoms with van der Waals surface area (Å²) in [6, 6.07) is 12.4. The van der Waals surface area contributed by atoms with Crippen molar-refractivity contribution in [3.8, 4) is 23.1 Å². The van der Waals surface area contributed by atoms with Crippen molar-refractivity contribution in [2.24, 2.45) is 10.7 Å². The Morgan fingerprint density at radius 2 is 2.00 bits per heavy atom. The van der Waals surface area contributed by atoms with Crippen molar-refractivity contribution in [2.45, 2.75) is 40.3 Å². The lowest BCUT2D eigenvalue weighted by atomic mass is 9.98. The highest BCUT2D eigenvalue weighted by molar-refractivity contribution is 5.99. The number of aliphatic imine (C=N–C) groups is 1. The molecule has 3 heterocycles. The number of hydrogen-bond donors (Lipinski definition) is 1. The standard InChI is InChI=1S/C30H28FN5O/c1-4-7-21-13-25(18-33-16-21)27-15-22(10-11-34-27)17-35-29(32)28-24(8-6-9-26(28)31)14-23-12-20(3)30(37)36(5-2)19-23/h6,8-13,15-16,18-19H,5,14,17H2,1-3H3,(H2,32,35). The third-order valence-electron chi connectivity index (χ3n) is 5.97. The Bertz CT molecular complexity index is 1590. The lowest BCUT2D eigenvalue weighted by Gasteiger charge is -2.13. The summed E-state index contributed by atoms with van der Waals surface area (Å²) in [7, 11) is 0. The normalized spacial score (nSPS) is 11.2. The van der Waals surface area contributed by atoms with Crippen molar-refractivity contribution in [1.82, 2.24) is 14.5 Å². The number of nitrogens with zero attached hydrogens (tertiary/aromatic N) is 4. The van der Waals surface area contributed by atoms with Crippen LogP contribution < -0.4 is 11.3 Å². The van der Waals surface area contributed by atoms with Crippen molar-refractivity contribution in [1.29, 1.82) is 0 Å². The van der Waals surface area contributed by atoms with E-state index in [1.807, 2.05) is 43.5 Å². The number of aromatic nitrogens is 3. The summed E-state index contributed by atoms with van der Waals surface area (Å²) < 4.78 is 16.6. The minimum Gasteiger partial charge on any atom is -0.383 e. The minimum atomic E-state index is -0.436. The van der Waals surface area contributed by atoms with E-state index >= 15 is 0 Å². The third kappa shape index (κ3) is 5.99. The lowest BCUT2D eigenvalue weighted by molar-refractivity contribution is 0.622. The molecule has 0 amide bonds. The quantitative estimate of drug-likeness (QED) is 0.231. The summed E-state index contributed by atoms with van der Waals surface area (Å²) in [5, 5.41) is 0. The predicted molar refractivity (Wildman–Crippen MR) is 145 cm³/mol. The SMILES string of the molecule is CC#Cc1cncc(-c2cc(CN=C(N)c3c(F)cccc3Cc3cc(C)c(=O)n(CC)c3)ccn2)c1. The first kappa shape index (κ1) is 25.5. The first-order valence-electron chi connectivity index (χ1n) is 12.0. The monoisotopic (exact) mass is 493 g/mol. The molecule has 3 aromatic heterocycles. The van der Waals surface area contributed by atoms with E-state index in [4.69, 9.17) is 5.73 Å². The molecule has 0 aliphatic rings. The van der Waals surface area contributed by atoms with Crippen LogP contribution in [-0.4, -0.2) is 20.4 Å². The van der Waals surface area contributed by atoms with Gasteiger partial charge < -0.3 is 10.3 Å². The number of hydrogen-bond acceptors (Lipinski definition) is 4. The van der Waals surface area contributed by atoms with E-state index in [0.717, 1.165) is 27.9 Å². The van der Waals surface area contributed by atoms with Crippen LogP contribution in [0, 0.1) is 24.6 Å². The predicted octanol–water partition coefficient (Wildman–Crippen LogP) is 4.64. The molecule has 4 rings (SSSR count). The summed E-state index contributed by atoms with van der Waals surface area (Å²) in [5.74, 6) is 5.55. The summed E-state index contributed by atoms with van der Waals surface area (Å²) in [6.07, 6.45) is 7.38. The summed E-state index contributed by atoms with van der Waals surface area (Å²) in [6.45, 7) is 6.30. The average molecular weight is 494 g/mol. The highest BCUT2D eigenvalue weighted by Crippen LogP contribution is 2.20. The Morgan fingerprint density at radius 1 is 1.16 bits per heavy atom. The molecule has 0 spiro atoms. The van der Waals surface area contributed by atoms with Gasteiger partial charge in [0.05, 0.1) is 17.8 Å². The maximum Gasteiger partial charge on any atom is 0.253 e. The fourth-order valence-electron chi connectivity index (χ4n) is 4.20. The van der Waals surface area contributed by atoms with Crippen LogP contribution in [0.15, 0.2) is 77.0 Å². The van der Waals surface area contributed by atoms with E-state index in [1.165, 1.54) is 6.07 Å². The molecule has 37 heavy (non-hydrogen) atoms. The minimum absolute atomic E-state index is 0.0238. The van der Waals surface area contributed by atoms with Crippen molar-refractivity contribution in [3.05, 3.63) is 117 Å². The summed E-state index contributed by atoms with van der Waals surface area (Å²) in [5.41, 5.74) is 12.1. The molecular weight excluding hydrogens is 465 g/mol. The summed E-state index contributed by atoms with van der Waals surface area (Å²) >= 11 is 0. The molecule has 0 bridgehead atoms. The van der Waals surface area contributed by atoms with Crippen LogP contribution in [0.4, 0.5) is 4.39 Å². The fraction of sp³-hybridized carbons (Fsp3) is 0.200. The molecule has 0 saturated heterocycles. The van der Waals surface area contributed by atoms with Gasteiger partial charge in [-0.05, 0) is 74.2 Å². The molecule has 186 valence electrons. The number of nitrogens with two attached hydrogens (primary N) is 1. The van der Waals surface area contributed by atoms with Crippen molar-refractivity contribution >= 4 is 5.84 Å². The maximum absolute atomic E-state index is 15.0. The molecule has 0 atom stereocenters. The molecule has 2 N–H and O–H groups in total. The molecular formula is C30H28FN5O. The molecule has 0 radical (unpaired) electrons. The van der Waals surface area contributed by atoms with E-state index in [9.17, 15) is 9.18 Å². The Balaban J connectivity index is 1.61. The molecule has 6 nitrogen and oxygen atoms in total. The Morgan fingerprint density at radius 3 is 2.78 bits per heavy atom. The fourth-order valence-corrected chi connectivity index (χ4v) is 4.20. The van der Waals surface area contributed by atoms with Crippen molar-refractivity contribution < 1.29 is 4.39 Å². The van der Waals surface area contributed by atoms with Crippen LogP contribution >= 0.6 is 0 Å². The van der Waals surface area contributed by atoms with Crippen LogP contribution in [-0.2, 0) is 19.5 Å². The highest BCUT2D eigenvalue weighted by Gasteiger charge is 2.14. The number of aryl methyl sites for hydroxylation is 2. The number of halogens is 1. The largest absolute Gasteiger partial charge is 0.383 e. The molecule has 0 aliphatic heterocycles. The van der Waals surface area contributed by atoms with E-state index in [-0.39, 0.29) is 23.5 Å². The van der Waals surface area contributed by atoms with Gasteiger partial charge in [-0.2, -0.15) is 0 Å². The van der Waals surface area contributed by atoms with E-state index in [1.54, 1.807) is 43.1 Å². The van der Waals surface area contributed by atoms with Gasteiger partial charge in [-0.1, -0.05) is 18.1 Å². The van der Waals surface area contributed by atoms with Gasteiger partial charge >= 0.3 is 0 Å². The van der Waals surface area contributed by atoms with Gasteiger partial charge in [-0.25, -0.2) is 4.39 Å². The topological polar surface area (TPSA) is 86.2 Å². The van der Waals surface area contributed by atoms with Crippen molar-refractivity contribution in [3.63, 3.8) is 0 Å². The molecule has 4 aromatic rings. The van der Waals surface area contributed by atoms with E-state index in [0.29, 0.717) is 24.1 Å². The van der Waals surface area contributed by atoms with E-state index < -0.39 is 5.82 Å². The Hall–Kier alpha value is -4.57. The second-order valence-corrected chi connectivity index (χ2v) is 8.66. The number of amidine groups is 1. The maximum atomic E-state index is 15.0. The molecule has 1 aromatic carbocycles. The average Bonchev–Trinajstić information content (AvgIpc) is 2.90. The highest BCUT2D eigenvalue weighted by atomic mass is 19.1. The van der Waals surface area contributed by atoms with Gasteiger partial charge in [-0.3, -0.25) is 19.8 Å². The van der Waals surface area contributed by atoms with Gasteiger partial charge in [0.2, 0.25) is 0 Å². The number of pyridine rings is 3. The zero-order valence-corrected chi connectivity index (χ0v) is 21.1. The van der Waals surface area contributed by atoms with Gasteiger partial charge in [-0.15, -0.1) is 5.92 Å². The first-order valence-corrected chi connectivity index (χ1v) is 12.0. The van der Waals surface area contributed by atoms with Gasteiger partial charge in [0, 0.05) is 48.0 Å². The van der Waals surface area contributed by atoms with Gasteiger partial charge in [0.25, 0.3) is 5.56 Å². The third-order valence-corrected chi connectivity index (χ3v) is 5.97. The van der Waals surface area contributed by atoms with Gasteiger partial charge in [0.15, 0.2) is 0 Å². The zero-order chi connectivity index (χ0) is 26.4. The van der Waals surface area contributed by atoms with E-state index in [2.05, 4.69) is 26.8 Å². The first-order chi connectivity index (χ1) is 17.9. The molecule has 0 aliphatic carbocycles.